The van der Waals surface area contributed by atoms with Gasteiger partial charge in [0, 0.05) is 12.5 Å². The second-order valence-electron chi connectivity index (χ2n) is 8.70. The molecule has 22 heavy (non-hydrogen) atoms. The highest BCUT2D eigenvalue weighted by atomic mass is 16.1. The van der Waals surface area contributed by atoms with Crippen LogP contribution in [0.15, 0.2) is 0 Å². The average Bonchev–Trinajstić information content (AvgIpc) is 2.47. The van der Waals surface area contributed by atoms with Crippen LogP contribution in [0.4, 0.5) is 0 Å². The molecule has 1 aliphatic heterocycles. The fraction of sp³-hybridized carbons (Fsp3) is 0.947. The summed E-state index contributed by atoms with van der Waals surface area (Å²) >= 11 is 0. The van der Waals surface area contributed by atoms with Crippen molar-refractivity contribution in [3.05, 3.63) is 0 Å². The van der Waals surface area contributed by atoms with Gasteiger partial charge in [0.1, 0.15) is 0 Å². The zero-order valence-electron chi connectivity index (χ0n) is 15.1. The molecule has 3 nitrogen and oxygen atoms in total. The van der Waals surface area contributed by atoms with E-state index in [1.807, 2.05) is 0 Å². The summed E-state index contributed by atoms with van der Waals surface area (Å²) in [5.41, 5.74) is 0.291. The minimum Gasteiger partial charge on any atom is -0.353 e. The van der Waals surface area contributed by atoms with Crippen LogP contribution < -0.4 is 10.6 Å². The van der Waals surface area contributed by atoms with Crippen LogP contribution in [0.5, 0.6) is 0 Å². The van der Waals surface area contributed by atoms with Gasteiger partial charge in [-0.15, -0.1) is 0 Å². The van der Waals surface area contributed by atoms with Crippen LogP contribution in [0.2, 0.25) is 0 Å². The second kappa shape index (κ2) is 7.81. The number of carbonyl (C=O) groups excluding carboxylic acids is 1. The molecule has 1 saturated heterocycles. The Balaban J connectivity index is 1.84. The lowest BCUT2D eigenvalue weighted by molar-refractivity contribution is -0.124. The van der Waals surface area contributed by atoms with E-state index in [1.54, 1.807) is 0 Å². The van der Waals surface area contributed by atoms with Gasteiger partial charge in [0.15, 0.2) is 0 Å². The fourth-order valence-electron chi connectivity index (χ4n) is 4.48. The molecule has 128 valence electrons. The third kappa shape index (κ3) is 4.97. The number of carbonyl (C=O) groups is 1. The van der Waals surface area contributed by atoms with Crippen molar-refractivity contribution in [2.75, 3.05) is 13.1 Å². The van der Waals surface area contributed by atoms with Gasteiger partial charge in [-0.2, -0.15) is 0 Å². The Kier molecular flexibility index (Phi) is 6.31. The summed E-state index contributed by atoms with van der Waals surface area (Å²) in [5.74, 6) is 2.14. The average molecular weight is 309 g/mol. The van der Waals surface area contributed by atoms with Crippen molar-refractivity contribution in [1.82, 2.24) is 10.6 Å². The Labute approximate surface area is 137 Å². The van der Waals surface area contributed by atoms with Crippen LogP contribution in [-0.2, 0) is 4.79 Å². The minimum absolute atomic E-state index is 0.284. The maximum absolute atomic E-state index is 12.5. The Morgan fingerprint density at radius 2 is 1.77 bits per heavy atom. The monoisotopic (exact) mass is 308 g/mol. The number of amides is 1. The summed E-state index contributed by atoms with van der Waals surface area (Å²) in [6, 6.07) is 0.390. The normalized spacial score (nSPS) is 29.1. The molecule has 0 bridgehead atoms. The highest BCUT2D eigenvalue weighted by Gasteiger charge is 2.35. The molecular weight excluding hydrogens is 272 g/mol. The lowest BCUT2D eigenvalue weighted by Crippen LogP contribution is -2.47. The van der Waals surface area contributed by atoms with Gasteiger partial charge in [-0.25, -0.2) is 0 Å². The molecule has 0 aromatic rings. The quantitative estimate of drug-likeness (QED) is 0.831. The molecule has 0 spiro atoms. The summed E-state index contributed by atoms with van der Waals surface area (Å²) in [5, 5.41) is 6.80. The zero-order valence-corrected chi connectivity index (χ0v) is 15.1. The van der Waals surface area contributed by atoms with Crippen LogP contribution in [-0.4, -0.2) is 25.0 Å². The first-order chi connectivity index (χ1) is 10.4. The lowest BCUT2D eigenvalue weighted by Gasteiger charge is -2.41. The predicted octanol–water partition coefficient (Wildman–Crippen LogP) is 3.73. The first-order valence-electron chi connectivity index (χ1n) is 9.38. The summed E-state index contributed by atoms with van der Waals surface area (Å²) in [7, 11) is 0. The van der Waals surface area contributed by atoms with E-state index in [9.17, 15) is 4.79 Å². The van der Waals surface area contributed by atoms with Crippen molar-refractivity contribution < 1.29 is 4.79 Å². The van der Waals surface area contributed by atoms with Gasteiger partial charge in [0.25, 0.3) is 0 Å². The molecule has 0 aromatic carbocycles. The van der Waals surface area contributed by atoms with Crippen LogP contribution in [0.1, 0.15) is 72.6 Å². The van der Waals surface area contributed by atoms with E-state index in [-0.39, 0.29) is 5.91 Å². The number of piperidine rings is 1. The molecular formula is C19H36N2O. The summed E-state index contributed by atoms with van der Waals surface area (Å²) in [4.78, 5) is 12.5. The molecule has 1 saturated carbocycles. The van der Waals surface area contributed by atoms with Gasteiger partial charge < -0.3 is 10.6 Å². The second-order valence-corrected chi connectivity index (χ2v) is 8.70. The van der Waals surface area contributed by atoms with Crippen molar-refractivity contribution in [2.45, 2.75) is 78.7 Å². The van der Waals surface area contributed by atoms with Crippen molar-refractivity contribution in [3.63, 3.8) is 0 Å². The molecule has 3 atom stereocenters. The van der Waals surface area contributed by atoms with Crippen molar-refractivity contribution in [2.24, 2.45) is 23.2 Å². The van der Waals surface area contributed by atoms with Gasteiger partial charge in [0.05, 0.1) is 0 Å². The van der Waals surface area contributed by atoms with Gasteiger partial charge >= 0.3 is 0 Å². The maximum Gasteiger partial charge on any atom is 0.220 e. The lowest BCUT2D eigenvalue weighted by atomic mass is 9.69. The Morgan fingerprint density at radius 1 is 1.14 bits per heavy atom. The van der Waals surface area contributed by atoms with E-state index in [4.69, 9.17) is 0 Å². The maximum atomic E-state index is 12.5. The molecule has 2 aliphatic rings. The van der Waals surface area contributed by atoms with Gasteiger partial charge in [-0.3, -0.25) is 4.79 Å². The molecule has 0 aromatic heterocycles. The van der Waals surface area contributed by atoms with E-state index in [0.717, 1.165) is 25.4 Å². The Morgan fingerprint density at radius 3 is 2.41 bits per heavy atom. The molecule has 0 radical (unpaired) electrons. The van der Waals surface area contributed by atoms with Crippen molar-refractivity contribution >= 4 is 5.91 Å². The summed E-state index contributed by atoms with van der Waals surface area (Å²) < 4.78 is 0. The van der Waals surface area contributed by atoms with Crippen LogP contribution in [0.25, 0.3) is 0 Å². The molecule has 1 aliphatic carbocycles. The number of rotatable bonds is 4. The van der Waals surface area contributed by atoms with Crippen LogP contribution in [0, 0.1) is 23.2 Å². The molecule has 1 heterocycles. The predicted molar refractivity (Wildman–Crippen MR) is 92.7 cm³/mol. The molecule has 1 amide bonds. The number of hydrogen-bond acceptors (Lipinski definition) is 2. The topological polar surface area (TPSA) is 41.1 Å². The highest BCUT2D eigenvalue weighted by Crippen LogP contribution is 2.38. The van der Waals surface area contributed by atoms with Crippen molar-refractivity contribution in [3.8, 4) is 0 Å². The molecule has 2 fully saturated rings. The first kappa shape index (κ1) is 17.8. The van der Waals surface area contributed by atoms with Gasteiger partial charge in [-0.05, 0) is 61.9 Å². The molecule has 3 heteroatoms. The van der Waals surface area contributed by atoms with E-state index in [0.29, 0.717) is 29.7 Å². The largest absolute Gasteiger partial charge is 0.353 e. The van der Waals surface area contributed by atoms with E-state index in [2.05, 4.69) is 38.3 Å². The zero-order chi connectivity index (χ0) is 16.2. The van der Waals surface area contributed by atoms with E-state index < -0.39 is 0 Å². The summed E-state index contributed by atoms with van der Waals surface area (Å²) in [6.45, 7) is 11.5. The van der Waals surface area contributed by atoms with Crippen molar-refractivity contribution in [1.29, 1.82) is 0 Å². The number of nitrogens with one attached hydrogen (secondary N) is 2. The van der Waals surface area contributed by atoms with Gasteiger partial charge in [-0.1, -0.05) is 40.5 Å². The van der Waals surface area contributed by atoms with Crippen LogP contribution in [0.3, 0.4) is 0 Å². The molecule has 2 N–H and O–H groups in total. The van der Waals surface area contributed by atoms with Crippen LogP contribution >= 0.6 is 0 Å². The Bertz CT molecular complexity index is 355. The fourth-order valence-corrected chi connectivity index (χ4v) is 4.48. The minimum atomic E-state index is 0.284. The van der Waals surface area contributed by atoms with E-state index in [1.165, 1.54) is 32.1 Å². The SMILES string of the molecule is CC(CC(=O)NC1CCCCC1C(C)(C)C)C1CCNCC1. The van der Waals surface area contributed by atoms with Gasteiger partial charge in [0.2, 0.25) is 5.91 Å². The third-order valence-corrected chi connectivity index (χ3v) is 5.92. The highest BCUT2D eigenvalue weighted by molar-refractivity contribution is 5.76. The number of hydrogen-bond donors (Lipinski definition) is 2. The standard InChI is InChI=1S/C19H36N2O/c1-14(15-9-11-20-12-10-15)13-18(22)21-17-8-6-5-7-16(17)19(2,3)4/h14-17,20H,5-13H2,1-4H3,(H,21,22). The summed E-state index contributed by atoms with van der Waals surface area (Å²) in [6.07, 6.45) is 8.16. The smallest absolute Gasteiger partial charge is 0.220 e. The Hall–Kier alpha value is -0.570. The third-order valence-electron chi connectivity index (χ3n) is 5.92. The first-order valence-corrected chi connectivity index (χ1v) is 9.38. The molecule has 2 rings (SSSR count). The molecule has 3 unspecified atom stereocenters. The van der Waals surface area contributed by atoms with E-state index >= 15 is 0 Å².